The lowest BCUT2D eigenvalue weighted by Gasteiger charge is -2.13. The van der Waals surface area contributed by atoms with Crippen LogP contribution < -0.4 is 16.0 Å². The Morgan fingerprint density at radius 2 is 2.19 bits per heavy atom. The van der Waals surface area contributed by atoms with Crippen LogP contribution in [0.15, 0.2) is 37.3 Å². The number of aromatic nitrogens is 4. The summed E-state index contributed by atoms with van der Waals surface area (Å²) in [6.07, 6.45) is 7.70. The lowest BCUT2D eigenvalue weighted by atomic mass is 10.3. The smallest absolute Gasteiger partial charge is 0.177 e. The summed E-state index contributed by atoms with van der Waals surface area (Å²) in [6.45, 7) is 6.97. The van der Waals surface area contributed by atoms with Gasteiger partial charge in [-0.25, -0.2) is 13.9 Å². The van der Waals surface area contributed by atoms with Crippen LogP contribution in [0.25, 0.3) is 11.3 Å². The molecule has 0 radical (unpaired) electrons. The van der Waals surface area contributed by atoms with Crippen molar-refractivity contribution in [3.05, 3.63) is 48.8 Å². The molecule has 140 valence electrons. The highest BCUT2D eigenvalue weighted by molar-refractivity contribution is 5.78. The first-order valence-electron chi connectivity index (χ1n) is 9.10. The van der Waals surface area contributed by atoms with Crippen LogP contribution in [0.5, 0.6) is 0 Å². The van der Waals surface area contributed by atoms with E-state index in [-0.39, 0.29) is 0 Å². The Kier molecular flexibility index (Phi) is 4.62. The fraction of sp³-hybridized carbons (Fsp3) is 0.316. The molecule has 0 aromatic carbocycles. The summed E-state index contributed by atoms with van der Waals surface area (Å²) in [5.41, 5.74) is 3.13. The Morgan fingerprint density at radius 1 is 1.33 bits per heavy atom. The van der Waals surface area contributed by atoms with Gasteiger partial charge in [-0.3, -0.25) is 4.98 Å². The topological polar surface area (TPSA) is 79.2 Å². The van der Waals surface area contributed by atoms with E-state index in [0.717, 1.165) is 49.2 Å². The Bertz CT molecular complexity index is 977. The lowest BCUT2D eigenvalue weighted by molar-refractivity contribution is 0.625. The number of imidazole rings is 1. The highest BCUT2D eigenvalue weighted by Crippen LogP contribution is 2.29. The van der Waals surface area contributed by atoms with Crippen molar-refractivity contribution in [2.45, 2.75) is 32.2 Å². The Labute approximate surface area is 156 Å². The van der Waals surface area contributed by atoms with Gasteiger partial charge in [-0.05, 0) is 25.3 Å². The number of fused-ring (bicyclic) bond motifs is 1. The van der Waals surface area contributed by atoms with Gasteiger partial charge in [-0.2, -0.15) is 0 Å². The first-order chi connectivity index (χ1) is 13.2. The monoisotopic (exact) mass is 367 g/mol. The van der Waals surface area contributed by atoms with Crippen LogP contribution in [0.2, 0.25) is 0 Å². The maximum atomic E-state index is 13.9. The minimum atomic E-state index is -0.443. The average molecular weight is 367 g/mol. The first kappa shape index (κ1) is 17.3. The zero-order chi connectivity index (χ0) is 18.8. The molecule has 0 saturated heterocycles. The predicted molar refractivity (Wildman–Crippen MR) is 105 cm³/mol. The van der Waals surface area contributed by atoms with E-state index in [1.165, 1.54) is 6.20 Å². The quantitative estimate of drug-likeness (QED) is 0.563. The number of nitrogens with one attached hydrogen (secondary N) is 3. The van der Waals surface area contributed by atoms with E-state index in [1.54, 1.807) is 16.8 Å². The predicted octanol–water partition coefficient (Wildman–Crippen LogP) is 3.74. The van der Waals surface area contributed by atoms with Crippen molar-refractivity contribution in [2.75, 3.05) is 22.5 Å². The molecule has 1 aliphatic carbocycles. The van der Waals surface area contributed by atoms with Gasteiger partial charge in [0.05, 0.1) is 29.5 Å². The molecule has 3 aromatic rings. The summed E-state index contributed by atoms with van der Waals surface area (Å²) in [6, 6.07) is 4.03. The van der Waals surface area contributed by atoms with Crippen molar-refractivity contribution in [1.82, 2.24) is 19.6 Å². The molecule has 0 atom stereocenters. The number of anilines is 3. The van der Waals surface area contributed by atoms with Crippen LogP contribution in [0, 0.1) is 5.82 Å². The number of hydrogen-bond acceptors (Lipinski definition) is 6. The van der Waals surface area contributed by atoms with Gasteiger partial charge in [0.1, 0.15) is 11.5 Å². The van der Waals surface area contributed by atoms with Gasteiger partial charge in [0.15, 0.2) is 11.5 Å². The van der Waals surface area contributed by atoms with Crippen molar-refractivity contribution < 1.29 is 4.39 Å². The van der Waals surface area contributed by atoms with Crippen LogP contribution in [0.4, 0.5) is 21.6 Å². The van der Waals surface area contributed by atoms with E-state index in [9.17, 15) is 4.39 Å². The summed E-state index contributed by atoms with van der Waals surface area (Å²) in [5, 5.41) is 14.5. The zero-order valence-corrected chi connectivity index (χ0v) is 15.2. The zero-order valence-electron chi connectivity index (χ0n) is 15.2. The van der Waals surface area contributed by atoms with Crippen molar-refractivity contribution in [3.63, 3.8) is 0 Å². The molecule has 1 saturated carbocycles. The second-order valence-electron chi connectivity index (χ2n) is 6.63. The maximum Gasteiger partial charge on any atom is 0.177 e. The Balaban J connectivity index is 1.69. The van der Waals surface area contributed by atoms with Gasteiger partial charge >= 0.3 is 0 Å². The van der Waals surface area contributed by atoms with Gasteiger partial charge in [-0.15, -0.1) is 5.10 Å². The lowest BCUT2D eigenvalue weighted by Crippen LogP contribution is -2.11. The standard InChI is InChI=1S/C19H22FN7/c1-3-7-22-18-9-16(25-13-4-5-13)19-23-11-17(27(19)26-18)12(2)24-15-6-8-21-10-14(15)20/h6,8-11,13,25H,2-5,7H2,1H3,(H,21,24)(H,22,26). The number of nitrogens with zero attached hydrogens (tertiary/aromatic N) is 4. The summed E-state index contributed by atoms with van der Waals surface area (Å²) >= 11 is 0. The second kappa shape index (κ2) is 7.22. The molecule has 27 heavy (non-hydrogen) atoms. The van der Waals surface area contributed by atoms with Crippen LogP contribution in [0.1, 0.15) is 31.9 Å². The van der Waals surface area contributed by atoms with Gasteiger partial charge in [-0.1, -0.05) is 13.5 Å². The molecule has 0 spiro atoms. The third-order valence-electron chi connectivity index (χ3n) is 4.33. The fourth-order valence-corrected chi connectivity index (χ4v) is 2.77. The van der Waals surface area contributed by atoms with E-state index < -0.39 is 5.82 Å². The highest BCUT2D eigenvalue weighted by atomic mass is 19.1. The molecular weight excluding hydrogens is 345 g/mol. The SMILES string of the molecule is C=C(Nc1ccncc1F)c1cnc2c(NC3CC3)cc(NCCC)nn12. The molecule has 4 rings (SSSR count). The van der Waals surface area contributed by atoms with Crippen LogP contribution in [0.3, 0.4) is 0 Å². The van der Waals surface area contributed by atoms with Gasteiger partial charge < -0.3 is 16.0 Å². The van der Waals surface area contributed by atoms with Crippen LogP contribution in [-0.4, -0.2) is 32.2 Å². The molecule has 3 heterocycles. The molecule has 1 aliphatic rings. The van der Waals surface area contributed by atoms with E-state index in [0.29, 0.717) is 23.1 Å². The Hall–Kier alpha value is -3.16. The Morgan fingerprint density at radius 3 is 2.93 bits per heavy atom. The molecule has 0 unspecified atom stereocenters. The molecular formula is C19H22FN7. The van der Waals surface area contributed by atoms with Gasteiger partial charge in [0.25, 0.3) is 0 Å². The van der Waals surface area contributed by atoms with Crippen LogP contribution >= 0.6 is 0 Å². The molecule has 8 heteroatoms. The van der Waals surface area contributed by atoms with Gasteiger partial charge in [0.2, 0.25) is 0 Å². The van der Waals surface area contributed by atoms with Crippen molar-refractivity contribution >= 4 is 28.5 Å². The summed E-state index contributed by atoms with van der Waals surface area (Å²) < 4.78 is 15.6. The average Bonchev–Trinajstić information content (AvgIpc) is 3.37. The molecule has 7 nitrogen and oxygen atoms in total. The van der Waals surface area contributed by atoms with E-state index in [1.807, 2.05) is 6.07 Å². The maximum absolute atomic E-state index is 13.9. The van der Waals surface area contributed by atoms with E-state index in [4.69, 9.17) is 0 Å². The van der Waals surface area contributed by atoms with Crippen molar-refractivity contribution in [1.29, 1.82) is 0 Å². The normalized spacial score (nSPS) is 13.6. The van der Waals surface area contributed by atoms with E-state index in [2.05, 4.69) is 44.5 Å². The molecule has 0 amide bonds. The third-order valence-corrected chi connectivity index (χ3v) is 4.33. The molecule has 0 bridgehead atoms. The summed E-state index contributed by atoms with van der Waals surface area (Å²) in [5.74, 6) is 0.316. The van der Waals surface area contributed by atoms with Crippen LogP contribution in [-0.2, 0) is 0 Å². The molecule has 3 N–H and O–H groups in total. The largest absolute Gasteiger partial charge is 0.379 e. The number of hydrogen-bond donors (Lipinski definition) is 3. The third kappa shape index (κ3) is 3.69. The van der Waals surface area contributed by atoms with E-state index >= 15 is 0 Å². The van der Waals surface area contributed by atoms with Gasteiger partial charge in [0, 0.05) is 24.8 Å². The molecule has 1 fully saturated rings. The minimum Gasteiger partial charge on any atom is -0.379 e. The number of pyridine rings is 1. The van der Waals surface area contributed by atoms with Crippen molar-refractivity contribution in [2.24, 2.45) is 0 Å². The second-order valence-corrected chi connectivity index (χ2v) is 6.63. The first-order valence-corrected chi connectivity index (χ1v) is 9.10. The molecule has 3 aromatic heterocycles. The van der Waals surface area contributed by atoms with Crippen molar-refractivity contribution in [3.8, 4) is 0 Å². The number of halogens is 1. The summed E-state index contributed by atoms with van der Waals surface area (Å²) in [4.78, 5) is 8.27. The number of rotatable bonds is 8. The molecule has 0 aliphatic heterocycles. The fourth-order valence-electron chi connectivity index (χ4n) is 2.77. The minimum absolute atomic E-state index is 0.307. The summed E-state index contributed by atoms with van der Waals surface area (Å²) in [7, 11) is 0. The highest BCUT2D eigenvalue weighted by Gasteiger charge is 2.23.